The minimum absolute atomic E-state index is 0.192. The topological polar surface area (TPSA) is 52.6 Å². The summed E-state index contributed by atoms with van der Waals surface area (Å²) < 4.78 is 16.9. The number of nitrogens with zero attached hydrogens (tertiary/aromatic N) is 1. The normalized spacial score (nSPS) is 16.5. The molecule has 6 heteroatoms. The van der Waals surface area contributed by atoms with Gasteiger partial charge in [0.1, 0.15) is 16.4 Å². The fourth-order valence-corrected chi connectivity index (χ4v) is 3.95. The zero-order valence-corrected chi connectivity index (χ0v) is 15.4. The van der Waals surface area contributed by atoms with Crippen molar-refractivity contribution in [2.45, 2.75) is 19.4 Å². The number of thiazole rings is 1. The Morgan fingerprint density at radius 1 is 1.00 bits per heavy atom. The molecule has 26 heavy (non-hydrogen) atoms. The third-order valence-corrected chi connectivity index (χ3v) is 5.38. The lowest BCUT2D eigenvalue weighted by Gasteiger charge is -2.33. The molecule has 0 aliphatic carbocycles. The molecule has 1 N–H and O–H groups in total. The maximum absolute atomic E-state index is 6.02. The molecule has 5 nitrogen and oxygen atoms in total. The highest BCUT2D eigenvalue weighted by molar-refractivity contribution is 7.13. The molecule has 132 valence electrons. The fraction of sp³-hybridized carbons (Fsp3) is 0.250. The lowest BCUT2D eigenvalue weighted by molar-refractivity contribution is 0.116. The maximum atomic E-state index is 6.02. The van der Waals surface area contributed by atoms with E-state index in [4.69, 9.17) is 19.2 Å². The first-order chi connectivity index (χ1) is 12.6. The van der Waals surface area contributed by atoms with Crippen LogP contribution in [0.2, 0.25) is 0 Å². The average Bonchev–Trinajstić information content (AvgIpc) is 3.29. The van der Waals surface area contributed by atoms with E-state index in [1.165, 1.54) is 0 Å². The standard InChI is InChI=1S/C20H18N2O3S/c1-20(2)10-21-14-7-13(4-5-16(14)25-20)19-22-15(9-26-19)12-3-6-17-18(8-12)24-11-23-17/h3-9,21H,10-11H2,1-2H3. The van der Waals surface area contributed by atoms with E-state index in [2.05, 4.69) is 36.7 Å². The molecular weight excluding hydrogens is 348 g/mol. The number of hydrogen-bond acceptors (Lipinski definition) is 6. The Morgan fingerprint density at radius 3 is 2.73 bits per heavy atom. The minimum Gasteiger partial charge on any atom is -0.484 e. The first-order valence-corrected chi connectivity index (χ1v) is 9.38. The number of ether oxygens (including phenoxy) is 3. The van der Waals surface area contributed by atoms with Crippen LogP contribution < -0.4 is 19.5 Å². The quantitative estimate of drug-likeness (QED) is 0.707. The predicted octanol–water partition coefficient (Wildman–Crippen LogP) is 4.79. The Labute approximate surface area is 155 Å². The van der Waals surface area contributed by atoms with Crippen molar-refractivity contribution in [3.05, 3.63) is 41.8 Å². The van der Waals surface area contributed by atoms with Gasteiger partial charge in [0.05, 0.1) is 17.9 Å². The van der Waals surface area contributed by atoms with Gasteiger partial charge < -0.3 is 19.5 Å². The SMILES string of the molecule is CC1(C)CNc2cc(-c3nc(-c4ccc5c(c4)OCO5)cs3)ccc2O1. The van der Waals surface area contributed by atoms with Crippen LogP contribution in [0.3, 0.4) is 0 Å². The van der Waals surface area contributed by atoms with E-state index in [0.29, 0.717) is 0 Å². The molecule has 5 rings (SSSR count). The highest BCUT2D eigenvalue weighted by Crippen LogP contribution is 2.39. The van der Waals surface area contributed by atoms with Crippen molar-refractivity contribution in [3.8, 4) is 39.1 Å². The number of benzene rings is 2. The number of hydrogen-bond donors (Lipinski definition) is 1. The Kier molecular flexibility index (Phi) is 3.37. The molecule has 0 saturated carbocycles. The summed E-state index contributed by atoms with van der Waals surface area (Å²) in [6.45, 7) is 5.22. The van der Waals surface area contributed by atoms with E-state index in [1.807, 2.05) is 24.3 Å². The van der Waals surface area contributed by atoms with Crippen LogP contribution in [0.25, 0.3) is 21.8 Å². The van der Waals surface area contributed by atoms with Gasteiger partial charge in [-0.1, -0.05) is 0 Å². The van der Waals surface area contributed by atoms with Crippen molar-refractivity contribution < 1.29 is 14.2 Å². The summed E-state index contributed by atoms with van der Waals surface area (Å²) in [5.74, 6) is 2.44. The molecule has 0 fully saturated rings. The molecule has 0 unspecified atom stereocenters. The van der Waals surface area contributed by atoms with Crippen molar-refractivity contribution in [1.29, 1.82) is 0 Å². The van der Waals surface area contributed by atoms with Crippen molar-refractivity contribution in [1.82, 2.24) is 4.98 Å². The number of rotatable bonds is 2. The Morgan fingerprint density at radius 2 is 1.81 bits per heavy atom. The van der Waals surface area contributed by atoms with Gasteiger partial charge in [-0.05, 0) is 50.2 Å². The first kappa shape index (κ1) is 15.5. The fourth-order valence-electron chi connectivity index (χ4n) is 3.13. The van der Waals surface area contributed by atoms with Gasteiger partial charge >= 0.3 is 0 Å². The molecule has 0 amide bonds. The Hall–Kier alpha value is -2.73. The zero-order chi connectivity index (χ0) is 17.7. The van der Waals surface area contributed by atoms with Crippen LogP contribution in [0, 0.1) is 0 Å². The number of aromatic nitrogens is 1. The van der Waals surface area contributed by atoms with Gasteiger partial charge in [0.15, 0.2) is 11.5 Å². The van der Waals surface area contributed by atoms with Gasteiger partial charge in [0.25, 0.3) is 0 Å². The molecule has 3 aromatic rings. The van der Waals surface area contributed by atoms with E-state index >= 15 is 0 Å². The number of anilines is 1. The molecule has 2 aromatic carbocycles. The third kappa shape index (κ3) is 2.66. The second-order valence-corrected chi connectivity index (χ2v) is 7.89. The van der Waals surface area contributed by atoms with Crippen molar-refractivity contribution in [2.75, 3.05) is 18.7 Å². The summed E-state index contributed by atoms with van der Waals surface area (Å²) in [7, 11) is 0. The van der Waals surface area contributed by atoms with Gasteiger partial charge in [-0.3, -0.25) is 0 Å². The maximum Gasteiger partial charge on any atom is 0.231 e. The van der Waals surface area contributed by atoms with Crippen molar-refractivity contribution in [3.63, 3.8) is 0 Å². The van der Waals surface area contributed by atoms with E-state index in [-0.39, 0.29) is 12.4 Å². The predicted molar refractivity (Wildman–Crippen MR) is 102 cm³/mol. The molecule has 2 aliphatic heterocycles. The van der Waals surface area contributed by atoms with Crippen LogP contribution in [0.5, 0.6) is 17.2 Å². The van der Waals surface area contributed by atoms with Crippen LogP contribution in [-0.2, 0) is 0 Å². The smallest absolute Gasteiger partial charge is 0.231 e. The molecule has 0 bridgehead atoms. The minimum atomic E-state index is -0.192. The molecule has 0 saturated heterocycles. The lowest BCUT2D eigenvalue weighted by atomic mass is 10.1. The van der Waals surface area contributed by atoms with Gasteiger partial charge in [-0.25, -0.2) is 4.98 Å². The van der Waals surface area contributed by atoms with E-state index in [9.17, 15) is 0 Å². The van der Waals surface area contributed by atoms with Crippen LogP contribution >= 0.6 is 11.3 Å². The van der Waals surface area contributed by atoms with Gasteiger partial charge in [0, 0.05) is 16.5 Å². The molecule has 2 aliphatic rings. The molecule has 0 radical (unpaired) electrons. The Bertz CT molecular complexity index is 996. The summed E-state index contributed by atoms with van der Waals surface area (Å²) in [4.78, 5) is 4.81. The van der Waals surface area contributed by atoms with E-state index in [1.54, 1.807) is 11.3 Å². The molecule has 0 atom stereocenters. The van der Waals surface area contributed by atoms with Crippen LogP contribution in [0.4, 0.5) is 5.69 Å². The summed E-state index contributed by atoms with van der Waals surface area (Å²) in [6.07, 6.45) is 0. The number of fused-ring (bicyclic) bond motifs is 2. The van der Waals surface area contributed by atoms with E-state index < -0.39 is 0 Å². The summed E-state index contributed by atoms with van der Waals surface area (Å²) >= 11 is 1.63. The summed E-state index contributed by atoms with van der Waals surface area (Å²) in [5, 5.41) is 6.50. The second-order valence-electron chi connectivity index (χ2n) is 7.03. The van der Waals surface area contributed by atoms with E-state index in [0.717, 1.165) is 51.3 Å². The zero-order valence-electron chi connectivity index (χ0n) is 14.5. The average molecular weight is 366 g/mol. The lowest BCUT2D eigenvalue weighted by Crippen LogP contribution is -2.39. The van der Waals surface area contributed by atoms with Crippen LogP contribution in [0.1, 0.15) is 13.8 Å². The van der Waals surface area contributed by atoms with Crippen LogP contribution in [0.15, 0.2) is 41.8 Å². The van der Waals surface area contributed by atoms with Crippen LogP contribution in [-0.4, -0.2) is 23.9 Å². The highest BCUT2D eigenvalue weighted by atomic mass is 32.1. The van der Waals surface area contributed by atoms with Gasteiger partial charge in [-0.15, -0.1) is 11.3 Å². The molecule has 3 heterocycles. The largest absolute Gasteiger partial charge is 0.484 e. The molecular formula is C20H18N2O3S. The number of nitrogens with one attached hydrogen (secondary N) is 1. The highest BCUT2D eigenvalue weighted by Gasteiger charge is 2.26. The third-order valence-electron chi connectivity index (χ3n) is 4.49. The van der Waals surface area contributed by atoms with Gasteiger partial charge in [0.2, 0.25) is 6.79 Å². The first-order valence-electron chi connectivity index (χ1n) is 8.50. The summed E-state index contributed by atoms with van der Waals surface area (Å²) in [6, 6.07) is 12.1. The molecule has 0 spiro atoms. The second kappa shape index (κ2) is 5.64. The summed E-state index contributed by atoms with van der Waals surface area (Å²) in [5.41, 5.74) is 3.87. The molecule has 1 aromatic heterocycles. The Balaban J connectivity index is 1.46. The van der Waals surface area contributed by atoms with Gasteiger partial charge in [-0.2, -0.15) is 0 Å². The monoisotopic (exact) mass is 366 g/mol. The van der Waals surface area contributed by atoms with Crippen molar-refractivity contribution in [2.24, 2.45) is 0 Å². The van der Waals surface area contributed by atoms with Crippen molar-refractivity contribution >= 4 is 17.0 Å².